The van der Waals surface area contributed by atoms with E-state index in [9.17, 15) is 18.8 Å². The molecule has 0 aliphatic rings. The fraction of sp³-hybridized carbons (Fsp3) is 0.0886. The van der Waals surface area contributed by atoms with Gasteiger partial charge in [-0.2, -0.15) is 0 Å². The second-order valence-corrected chi connectivity index (χ2v) is 20.8. The van der Waals surface area contributed by atoms with E-state index in [0.29, 0.717) is 22.9 Å². The van der Waals surface area contributed by atoms with E-state index in [1.54, 1.807) is 12.1 Å². The van der Waals surface area contributed by atoms with Crippen molar-refractivity contribution in [2.45, 2.75) is 48.5 Å². The molecule has 0 spiro atoms. The molecular weight excluding hydrogens is 1730 g/mol. The zero-order valence-corrected chi connectivity index (χ0v) is 59.9. The van der Waals surface area contributed by atoms with Crippen molar-refractivity contribution in [2.75, 3.05) is 0 Å². The molecule has 0 saturated heterocycles. The molecule has 3 radical (unpaired) electrons. The Balaban J connectivity index is 0.000000222. The Morgan fingerprint density at radius 2 is 0.768 bits per heavy atom. The summed E-state index contributed by atoms with van der Waals surface area (Å²) in [6.45, 7) is 10.6. The van der Waals surface area contributed by atoms with Gasteiger partial charge in [0.15, 0.2) is 17.3 Å². The topological polar surface area (TPSA) is 190 Å². The average Bonchev–Trinajstić information content (AvgIpc) is 1.64. The van der Waals surface area contributed by atoms with Crippen LogP contribution in [0.15, 0.2) is 279 Å². The van der Waals surface area contributed by atoms with E-state index < -0.39 is 0 Å². The standard InChI is InChI=1S/C25H16NO.C20H14NO.C19H11FNO.3C5H8O2.3Ir/c1-4-10-18(11-5-1)22-17-16-21-23(19-12-6-2-7-13-19)24(27-25(21)26-22)20-14-8-3-9-15-20;1-14-17-12-13-18(15-8-4-2-5-9-15)21-20(17)22-19(14)16-10-6-3-7-11-16;20-16-9-6-14(7-10-16)18-12-15-8-11-17(21-19(15)22-18)13-4-2-1-3-5-13;3*1-4(6)3-5(2)7;;;/h1-10,12-17H;2-8,10-13H,1H3;1-4,6-12H;3*3,6H,1-2H3;;;/q3*-1;;;;;;. The first-order valence-electron chi connectivity index (χ1n) is 29.1. The summed E-state index contributed by atoms with van der Waals surface area (Å²) in [7, 11) is 0. The minimum absolute atomic E-state index is 0. The zero-order chi connectivity index (χ0) is 65.5. The number of aliphatic hydroxyl groups is 3. The Hall–Kier alpha value is -9.88. The van der Waals surface area contributed by atoms with Crippen LogP contribution >= 0.6 is 0 Å². The van der Waals surface area contributed by atoms with Crippen molar-refractivity contribution in [3.8, 4) is 78.9 Å². The number of hydrogen-bond acceptors (Lipinski definition) is 12. The van der Waals surface area contributed by atoms with Crippen LogP contribution in [0.1, 0.15) is 47.1 Å². The first-order chi connectivity index (χ1) is 44.4. The maximum atomic E-state index is 13.0. The molecule has 13 aromatic rings. The van der Waals surface area contributed by atoms with Gasteiger partial charge >= 0.3 is 0 Å². The van der Waals surface area contributed by atoms with Crippen LogP contribution in [-0.4, -0.2) is 47.6 Å². The van der Waals surface area contributed by atoms with Gasteiger partial charge in [0.1, 0.15) is 23.1 Å². The molecule has 6 aromatic heterocycles. The van der Waals surface area contributed by atoms with Gasteiger partial charge < -0.3 is 28.6 Å². The van der Waals surface area contributed by atoms with Crippen LogP contribution in [0.3, 0.4) is 0 Å². The number of aryl methyl sites for hydroxylation is 1. The fourth-order valence-electron chi connectivity index (χ4n) is 9.29. The van der Waals surface area contributed by atoms with Crippen molar-refractivity contribution >= 4 is 50.6 Å². The number of benzene rings is 7. The van der Waals surface area contributed by atoms with Crippen LogP contribution < -0.4 is 0 Å². The molecule has 95 heavy (non-hydrogen) atoms. The number of furan rings is 3. The number of carbonyl (C=O) groups is 3. The van der Waals surface area contributed by atoms with E-state index in [0.717, 1.165) is 94.8 Å². The molecule has 0 unspecified atom stereocenters. The second kappa shape index (κ2) is 37.7. The number of pyridine rings is 3. The van der Waals surface area contributed by atoms with Crippen molar-refractivity contribution in [2.24, 2.45) is 0 Å². The molecule has 0 atom stereocenters. The first kappa shape index (κ1) is 75.8. The number of hydrogen-bond donors (Lipinski definition) is 3. The Morgan fingerprint density at radius 3 is 1.17 bits per heavy atom. The van der Waals surface area contributed by atoms with Gasteiger partial charge in [0.05, 0.1) is 17.3 Å². The number of halogens is 1. The molecule has 3 N–H and O–H groups in total. The summed E-state index contributed by atoms with van der Waals surface area (Å²) in [6, 6.07) is 83.8. The van der Waals surface area contributed by atoms with Crippen molar-refractivity contribution in [1.82, 2.24) is 15.0 Å². The van der Waals surface area contributed by atoms with Crippen LogP contribution in [0.5, 0.6) is 0 Å². The molecule has 0 bridgehead atoms. The molecule has 13 rings (SSSR count). The minimum atomic E-state index is -0.264. The molecule has 0 aliphatic heterocycles. The summed E-state index contributed by atoms with van der Waals surface area (Å²) in [6.07, 6.45) is 3.50. The monoisotopic (exact) mass is 1800 g/mol. The van der Waals surface area contributed by atoms with Gasteiger partial charge in [0.25, 0.3) is 0 Å². The summed E-state index contributed by atoms with van der Waals surface area (Å²) >= 11 is 0. The van der Waals surface area contributed by atoms with Gasteiger partial charge in [-0.05, 0) is 101 Å². The number of carbonyl (C=O) groups excluding carboxylic acids is 3. The Morgan fingerprint density at radius 1 is 0.400 bits per heavy atom. The van der Waals surface area contributed by atoms with Gasteiger partial charge in [0.2, 0.25) is 17.1 Å². The maximum absolute atomic E-state index is 13.0. The van der Waals surface area contributed by atoms with E-state index >= 15 is 0 Å². The largest absolute Gasteiger partial charge is 0.512 e. The Bertz CT molecular complexity index is 4600. The van der Waals surface area contributed by atoms with Crippen molar-refractivity contribution in [3.63, 3.8) is 0 Å². The molecule has 487 valence electrons. The predicted octanol–water partition coefficient (Wildman–Crippen LogP) is 20.1. The van der Waals surface area contributed by atoms with E-state index in [1.807, 2.05) is 158 Å². The Labute approximate surface area is 591 Å². The van der Waals surface area contributed by atoms with Gasteiger partial charge in [-0.1, -0.05) is 127 Å². The molecule has 7 aromatic carbocycles. The van der Waals surface area contributed by atoms with Crippen molar-refractivity contribution < 1.29 is 108 Å². The molecule has 0 fully saturated rings. The third-order valence-corrected chi connectivity index (χ3v) is 13.2. The van der Waals surface area contributed by atoms with Gasteiger partial charge in [-0.25, -0.2) is 4.39 Å². The summed E-state index contributed by atoms with van der Waals surface area (Å²) in [5.74, 6) is 1.96. The van der Waals surface area contributed by atoms with E-state index in [1.165, 1.54) is 71.9 Å². The summed E-state index contributed by atoms with van der Waals surface area (Å²) < 4.78 is 31.1. The molecular formula is C79H65FIr3N3O9-3. The number of nitrogens with zero attached hydrogens (tertiary/aromatic N) is 3. The number of fused-ring (bicyclic) bond motifs is 3. The fourth-order valence-corrected chi connectivity index (χ4v) is 9.29. The van der Waals surface area contributed by atoms with E-state index in [-0.39, 0.29) is 101 Å². The van der Waals surface area contributed by atoms with Gasteiger partial charge in [-0.3, -0.25) is 29.3 Å². The summed E-state index contributed by atoms with van der Waals surface area (Å²) in [4.78, 5) is 44.0. The summed E-state index contributed by atoms with van der Waals surface area (Å²) in [5.41, 5.74) is 13.5. The SMILES string of the molecule is CC(=O)C=C(C)O.CC(=O)C=C(C)O.CC(=O)C=C(C)O.Cc1c(-c2ccccc2)oc2nc(-c3[c-]cccc3)ccc12.Fc1ccc(-c2cc3ccc(-c4[c-]cccc4)nc3o2)cc1.[Ir].[Ir].[Ir].[c-]1ccccc1-c1ccc2c(-c3ccccc3)c(-c3ccccc3)oc2n1. The number of aromatic nitrogens is 3. The molecule has 6 heterocycles. The van der Waals surface area contributed by atoms with Crippen LogP contribution in [0.2, 0.25) is 0 Å². The predicted molar refractivity (Wildman–Crippen MR) is 362 cm³/mol. The van der Waals surface area contributed by atoms with Gasteiger partial charge in [-0.15, -0.1) is 108 Å². The average molecular weight is 1800 g/mol. The number of rotatable bonds is 10. The number of aliphatic hydroxyl groups excluding tert-OH is 3. The van der Waals surface area contributed by atoms with E-state index in [4.69, 9.17) is 33.6 Å². The van der Waals surface area contributed by atoms with Gasteiger partial charge in [0, 0.05) is 123 Å². The van der Waals surface area contributed by atoms with Crippen LogP contribution in [0.4, 0.5) is 4.39 Å². The summed E-state index contributed by atoms with van der Waals surface area (Å²) in [5, 5.41) is 28.1. The molecule has 0 amide bonds. The van der Waals surface area contributed by atoms with Crippen molar-refractivity contribution in [1.29, 1.82) is 0 Å². The molecule has 16 heteroatoms. The molecule has 0 saturated carbocycles. The Kier molecular flexibility index (Phi) is 30.1. The minimum Gasteiger partial charge on any atom is -0.512 e. The zero-order valence-electron chi connectivity index (χ0n) is 52.7. The quantitative estimate of drug-likeness (QED) is 0.0668. The smallest absolute Gasteiger partial charge is 0.218 e. The third kappa shape index (κ3) is 22.4. The van der Waals surface area contributed by atoms with Crippen LogP contribution in [-0.2, 0) is 74.7 Å². The van der Waals surface area contributed by atoms with E-state index in [2.05, 4.69) is 83.6 Å². The first-order valence-corrected chi connectivity index (χ1v) is 29.1. The number of ketones is 3. The van der Waals surface area contributed by atoms with Crippen molar-refractivity contribution in [3.05, 3.63) is 296 Å². The number of allylic oxidation sites excluding steroid dienone is 6. The maximum Gasteiger partial charge on any atom is 0.218 e. The normalized spacial score (nSPS) is 10.7. The third-order valence-electron chi connectivity index (χ3n) is 13.2. The molecule has 12 nitrogen and oxygen atoms in total. The second-order valence-electron chi connectivity index (χ2n) is 20.8. The van der Waals surface area contributed by atoms with Crippen LogP contribution in [0, 0.1) is 30.9 Å². The molecule has 0 aliphatic carbocycles. The van der Waals surface area contributed by atoms with Crippen LogP contribution in [0.25, 0.3) is 112 Å².